The van der Waals surface area contributed by atoms with E-state index in [9.17, 15) is 9.90 Å². The van der Waals surface area contributed by atoms with Crippen LogP contribution in [0, 0.1) is 6.92 Å². The molecule has 0 spiro atoms. The molecule has 29 heavy (non-hydrogen) atoms. The van der Waals surface area contributed by atoms with Gasteiger partial charge in [-0.25, -0.2) is 14.5 Å². The number of aromatic nitrogens is 2. The molecule has 0 fully saturated rings. The number of ether oxygens (including phenoxy) is 1. The average molecular weight is 385 g/mol. The smallest absolute Gasteiger partial charge is 0.265 e. The Kier molecular flexibility index (Phi) is 4.83. The van der Waals surface area contributed by atoms with Crippen LogP contribution in [0.4, 0.5) is 5.82 Å². The number of nitrogens with zero attached hydrogens (tertiary/aromatic N) is 3. The molecular formula is C23H19N3O3. The molecule has 6 nitrogen and oxygen atoms in total. The molecule has 2 heterocycles. The van der Waals surface area contributed by atoms with E-state index in [0.29, 0.717) is 33.6 Å². The minimum atomic E-state index is -0.339. The van der Waals surface area contributed by atoms with E-state index in [-0.39, 0.29) is 11.4 Å². The number of fused-ring (bicyclic) bond motifs is 1. The lowest BCUT2D eigenvalue weighted by atomic mass is 10.1. The average Bonchev–Trinajstić information content (AvgIpc) is 2.74. The van der Waals surface area contributed by atoms with Crippen LogP contribution >= 0.6 is 0 Å². The minimum absolute atomic E-state index is 0.213. The fourth-order valence-corrected chi connectivity index (χ4v) is 3.26. The highest BCUT2D eigenvalue weighted by Gasteiger charge is 2.18. The summed E-state index contributed by atoms with van der Waals surface area (Å²) in [5, 5.41) is 12.1. The summed E-state index contributed by atoms with van der Waals surface area (Å²) in [5.41, 5.74) is 1.38. The zero-order valence-electron chi connectivity index (χ0n) is 16.0. The van der Waals surface area contributed by atoms with Crippen molar-refractivity contribution in [2.75, 3.05) is 7.11 Å². The Morgan fingerprint density at radius 3 is 2.48 bits per heavy atom. The van der Waals surface area contributed by atoms with Crippen molar-refractivity contribution in [2.24, 2.45) is 4.99 Å². The Bertz CT molecular complexity index is 1290. The van der Waals surface area contributed by atoms with E-state index in [2.05, 4.69) is 9.98 Å². The second kappa shape index (κ2) is 7.59. The third-order valence-corrected chi connectivity index (χ3v) is 4.63. The topological polar surface area (TPSA) is 76.7 Å². The number of rotatable bonds is 4. The van der Waals surface area contributed by atoms with Gasteiger partial charge in [0.25, 0.3) is 5.56 Å². The van der Waals surface area contributed by atoms with E-state index in [1.807, 2.05) is 25.1 Å². The van der Waals surface area contributed by atoms with Gasteiger partial charge in [0.05, 0.1) is 18.4 Å². The summed E-state index contributed by atoms with van der Waals surface area (Å²) in [5.74, 6) is 0.779. The van der Waals surface area contributed by atoms with Crippen LogP contribution in [-0.2, 0) is 0 Å². The first-order chi connectivity index (χ1) is 14.1. The number of pyridine rings is 2. The van der Waals surface area contributed by atoms with E-state index >= 15 is 0 Å². The second-order valence-electron chi connectivity index (χ2n) is 6.49. The van der Waals surface area contributed by atoms with Crippen molar-refractivity contribution < 1.29 is 9.84 Å². The molecule has 0 saturated carbocycles. The quantitative estimate of drug-likeness (QED) is 0.535. The highest BCUT2D eigenvalue weighted by Crippen LogP contribution is 2.30. The van der Waals surface area contributed by atoms with Gasteiger partial charge in [-0.2, -0.15) is 0 Å². The Morgan fingerprint density at radius 1 is 1.00 bits per heavy atom. The van der Waals surface area contributed by atoms with Crippen LogP contribution in [0.1, 0.15) is 11.3 Å². The monoisotopic (exact) mass is 385 g/mol. The predicted octanol–water partition coefficient (Wildman–Crippen LogP) is 4.16. The Balaban J connectivity index is 2.01. The van der Waals surface area contributed by atoms with Gasteiger partial charge in [-0.15, -0.1) is 0 Å². The lowest BCUT2D eigenvalue weighted by molar-refractivity contribution is 0.404. The highest BCUT2D eigenvalue weighted by molar-refractivity contribution is 6.02. The van der Waals surface area contributed by atoms with Crippen molar-refractivity contribution >= 4 is 22.8 Å². The molecule has 0 unspecified atom stereocenters. The molecule has 1 N–H and O–H groups in total. The van der Waals surface area contributed by atoms with E-state index in [0.717, 1.165) is 5.69 Å². The van der Waals surface area contributed by atoms with Crippen molar-refractivity contribution in [1.29, 1.82) is 0 Å². The molecule has 0 aliphatic heterocycles. The summed E-state index contributed by atoms with van der Waals surface area (Å²) in [7, 11) is 1.52. The Labute approximate surface area is 167 Å². The molecule has 4 rings (SSSR count). The van der Waals surface area contributed by atoms with E-state index < -0.39 is 0 Å². The fourth-order valence-electron chi connectivity index (χ4n) is 3.26. The van der Waals surface area contributed by atoms with Crippen molar-refractivity contribution in [1.82, 2.24) is 9.55 Å². The van der Waals surface area contributed by atoms with Crippen LogP contribution < -0.4 is 10.3 Å². The van der Waals surface area contributed by atoms with Gasteiger partial charge in [0, 0.05) is 22.7 Å². The van der Waals surface area contributed by atoms with E-state index in [4.69, 9.17) is 4.74 Å². The first kappa shape index (κ1) is 18.4. The number of aliphatic imine (C=N–C) groups is 1. The van der Waals surface area contributed by atoms with Crippen molar-refractivity contribution in [3.63, 3.8) is 0 Å². The van der Waals surface area contributed by atoms with Gasteiger partial charge < -0.3 is 9.84 Å². The summed E-state index contributed by atoms with van der Waals surface area (Å²) in [6.45, 7) is 1.88. The summed E-state index contributed by atoms with van der Waals surface area (Å²) in [6.07, 6.45) is 1.53. The van der Waals surface area contributed by atoms with Crippen molar-refractivity contribution in [3.05, 3.63) is 88.3 Å². The third kappa shape index (κ3) is 3.36. The van der Waals surface area contributed by atoms with Gasteiger partial charge in [0.1, 0.15) is 5.75 Å². The number of para-hydroxylation sites is 2. The lowest BCUT2D eigenvalue weighted by Gasteiger charge is -2.15. The molecule has 4 aromatic rings. The fraction of sp³-hybridized carbons (Fsp3) is 0.0870. The maximum atomic E-state index is 13.2. The van der Waals surface area contributed by atoms with Crippen LogP contribution in [0.15, 0.2) is 76.5 Å². The molecule has 6 heteroatoms. The molecule has 0 aliphatic carbocycles. The SMILES string of the molecule is COc1ccccc1-n1c(O)c(C=Nc2cccc(C)n2)c2ccccc2c1=O. The lowest BCUT2D eigenvalue weighted by Crippen LogP contribution is -2.20. The standard InChI is InChI=1S/C23H19N3O3/c1-15-8-7-13-21(25-15)24-14-18-16-9-3-4-10-17(16)22(27)26(23(18)28)19-11-5-6-12-20(19)29-2/h3-14,28H,1-2H3. The molecular weight excluding hydrogens is 366 g/mol. The highest BCUT2D eigenvalue weighted by atomic mass is 16.5. The van der Waals surface area contributed by atoms with Crippen molar-refractivity contribution in [3.8, 4) is 17.3 Å². The van der Waals surface area contributed by atoms with Crippen molar-refractivity contribution in [2.45, 2.75) is 6.92 Å². The van der Waals surface area contributed by atoms with Gasteiger partial charge in [-0.1, -0.05) is 36.4 Å². The maximum Gasteiger partial charge on any atom is 0.265 e. The first-order valence-electron chi connectivity index (χ1n) is 9.08. The Morgan fingerprint density at radius 2 is 1.72 bits per heavy atom. The number of benzene rings is 2. The first-order valence-corrected chi connectivity index (χ1v) is 9.08. The zero-order valence-corrected chi connectivity index (χ0v) is 16.0. The summed E-state index contributed by atoms with van der Waals surface area (Å²) in [4.78, 5) is 21.9. The number of methoxy groups -OCH3 is 1. The molecule has 0 radical (unpaired) electrons. The minimum Gasteiger partial charge on any atom is -0.495 e. The van der Waals surface area contributed by atoms with E-state index in [1.165, 1.54) is 17.9 Å². The van der Waals surface area contributed by atoms with Gasteiger partial charge in [-0.05, 0) is 37.3 Å². The van der Waals surface area contributed by atoms with Gasteiger partial charge in [0.15, 0.2) is 5.82 Å². The van der Waals surface area contributed by atoms with Crippen LogP contribution in [0.25, 0.3) is 16.5 Å². The summed E-state index contributed by atoms with van der Waals surface area (Å²) >= 11 is 0. The summed E-state index contributed by atoms with van der Waals surface area (Å²) < 4.78 is 6.63. The second-order valence-corrected chi connectivity index (χ2v) is 6.49. The molecule has 0 aliphatic rings. The van der Waals surface area contributed by atoms with E-state index in [1.54, 1.807) is 48.5 Å². The number of hydrogen-bond donors (Lipinski definition) is 1. The normalized spacial score (nSPS) is 11.2. The molecule has 144 valence electrons. The molecule has 0 saturated heterocycles. The van der Waals surface area contributed by atoms with Crippen LogP contribution in [-0.4, -0.2) is 28.0 Å². The molecule has 0 amide bonds. The summed E-state index contributed by atoms with van der Waals surface area (Å²) in [6, 6.07) is 19.7. The molecule has 0 atom stereocenters. The zero-order chi connectivity index (χ0) is 20.4. The number of hydrogen-bond acceptors (Lipinski definition) is 5. The van der Waals surface area contributed by atoms with Crippen LogP contribution in [0.2, 0.25) is 0 Å². The number of aromatic hydroxyl groups is 1. The molecule has 2 aromatic carbocycles. The largest absolute Gasteiger partial charge is 0.495 e. The van der Waals surface area contributed by atoms with Crippen LogP contribution in [0.3, 0.4) is 0 Å². The van der Waals surface area contributed by atoms with Crippen LogP contribution in [0.5, 0.6) is 11.6 Å². The van der Waals surface area contributed by atoms with Gasteiger partial charge in [0.2, 0.25) is 5.88 Å². The predicted molar refractivity (Wildman–Crippen MR) is 114 cm³/mol. The third-order valence-electron chi connectivity index (χ3n) is 4.63. The van der Waals surface area contributed by atoms with Gasteiger partial charge >= 0.3 is 0 Å². The Hall–Kier alpha value is -3.93. The van der Waals surface area contributed by atoms with Gasteiger partial charge in [-0.3, -0.25) is 4.79 Å². The maximum absolute atomic E-state index is 13.2. The number of aryl methyl sites for hydroxylation is 1. The molecule has 2 aromatic heterocycles. The molecule has 0 bridgehead atoms.